The summed E-state index contributed by atoms with van der Waals surface area (Å²) in [7, 11) is 3.78. The minimum absolute atomic E-state index is 0.0994. The van der Waals surface area contributed by atoms with Gasteiger partial charge in [-0.15, -0.1) is 0 Å². The van der Waals surface area contributed by atoms with Crippen LogP contribution in [-0.4, -0.2) is 60.1 Å². The van der Waals surface area contributed by atoms with Crippen molar-refractivity contribution in [1.29, 1.82) is 0 Å². The predicted octanol–water partition coefficient (Wildman–Crippen LogP) is 1.23. The number of nitrogens with zero attached hydrogens (tertiary/aromatic N) is 2. The fourth-order valence-electron chi connectivity index (χ4n) is 2.44. The standard InChI is InChI=1S/C15H21N3O3/c1-17-8-7-13(10-17)16-15(21)18(2)9-11-3-5-12(6-4-11)14(19)20/h3-6,13H,7-10H2,1-2H3,(H,16,21)(H,19,20). The van der Waals surface area contributed by atoms with Gasteiger partial charge in [0.2, 0.25) is 0 Å². The third kappa shape index (κ3) is 4.19. The van der Waals surface area contributed by atoms with Crippen LogP contribution in [0.3, 0.4) is 0 Å². The van der Waals surface area contributed by atoms with Gasteiger partial charge in [-0.25, -0.2) is 9.59 Å². The molecule has 1 aliphatic rings. The molecule has 1 heterocycles. The lowest BCUT2D eigenvalue weighted by Crippen LogP contribution is -2.43. The SMILES string of the molecule is CN1CCC(NC(=O)N(C)Cc2ccc(C(=O)O)cc2)C1. The maximum Gasteiger partial charge on any atom is 0.335 e. The minimum atomic E-state index is -0.946. The molecule has 6 heteroatoms. The second kappa shape index (κ2) is 6.58. The first kappa shape index (κ1) is 15.3. The Morgan fingerprint density at radius 1 is 1.38 bits per heavy atom. The highest BCUT2D eigenvalue weighted by molar-refractivity contribution is 5.87. The average molecular weight is 291 g/mol. The van der Waals surface area contributed by atoms with Crippen molar-refractivity contribution in [3.63, 3.8) is 0 Å². The molecule has 2 amide bonds. The Bertz CT molecular complexity index is 515. The summed E-state index contributed by atoms with van der Waals surface area (Å²) in [5.41, 5.74) is 1.15. The second-order valence-corrected chi connectivity index (χ2v) is 5.56. The number of likely N-dealkylation sites (tertiary alicyclic amines) is 1. The Kier molecular flexibility index (Phi) is 4.80. The molecule has 1 saturated heterocycles. The van der Waals surface area contributed by atoms with Gasteiger partial charge in [0.05, 0.1) is 5.56 Å². The van der Waals surface area contributed by atoms with Crippen molar-refractivity contribution in [1.82, 2.24) is 15.1 Å². The Morgan fingerprint density at radius 3 is 2.57 bits per heavy atom. The van der Waals surface area contributed by atoms with Crippen LogP contribution in [-0.2, 0) is 6.54 Å². The van der Waals surface area contributed by atoms with Gasteiger partial charge in [0.25, 0.3) is 0 Å². The zero-order valence-electron chi connectivity index (χ0n) is 12.4. The number of rotatable bonds is 4. The van der Waals surface area contributed by atoms with Crippen molar-refractivity contribution in [2.75, 3.05) is 27.2 Å². The molecular formula is C15H21N3O3. The number of carbonyl (C=O) groups is 2. The largest absolute Gasteiger partial charge is 0.478 e. The van der Waals surface area contributed by atoms with Crippen LogP contribution < -0.4 is 5.32 Å². The van der Waals surface area contributed by atoms with Crippen LogP contribution in [0.2, 0.25) is 0 Å². The van der Waals surface area contributed by atoms with E-state index in [0.29, 0.717) is 6.54 Å². The van der Waals surface area contributed by atoms with Crippen molar-refractivity contribution in [2.24, 2.45) is 0 Å². The fourth-order valence-corrected chi connectivity index (χ4v) is 2.44. The summed E-state index contributed by atoms with van der Waals surface area (Å²) in [5, 5.41) is 11.9. The molecule has 0 spiro atoms. The average Bonchev–Trinajstić information content (AvgIpc) is 2.84. The molecular weight excluding hydrogens is 270 g/mol. The predicted molar refractivity (Wildman–Crippen MR) is 79.3 cm³/mol. The number of benzene rings is 1. The quantitative estimate of drug-likeness (QED) is 0.875. The molecule has 1 atom stereocenters. The van der Waals surface area contributed by atoms with Crippen LogP contribution in [0.1, 0.15) is 22.3 Å². The van der Waals surface area contributed by atoms with Gasteiger partial charge in [-0.05, 0) is 37.7 Å². The molecule has 1 aromatic carbocycles. The van der Waals surface area contributed by atoms with E-state index >= 15 is 0 Å². The lowest BCUT2D eigenvalue weighted by Gasteiger charge is -2.21. The highest BCUT2D eigenvalue weighted by atomic mass is 16.4. The normalized spacial score (nSPS) is 18.5. The molecule has 1 fully saturated rings. The maximum absolute atomic E-state index is 12.1. The number of likely N-dealkylation sites (N-methyl/N-ethyl adjacent to an activating group) is 1. The van der Waals surface area contributed by atoms with Crippen molar-refractivity contribution >= 4 is 12.0 Å². The summed E-state index contributed by atoms with van der Waals surface area (Å²) in [4.78, 5) is 26.7. The van der Waals surface area contributed by atoms with Gasteiger partial charge < -0.3 is 20.2 Å². The lowest BCUT2D eigenvalue weighted by atomic mass is 10.1. The third-order valence-corrected chi connectivity index (χ3v) is 3.69. The summed E-state index contributed by atoms with van der Waals surface area (Å²) in [5.74, 6) is -0.946. The molecule has 2 rings (SSSR count). The lowest BCUT2D eigenvalue weighted by molar-refractivity contribution is 0.0697. The highest BCUT2D eigenvalue weighted by Gasteiger charge is 2.22. The van der Waals surface area contributed by atoms with E-state index in [2.05, 4.69) is 10.2 Å². The number of carboxylic acids is 1. The third-order valence-electron chi connectivity index (χ3n) is 3.69. The van der Waals surface area contributed by atoms with Gasteiger partial charge in [-0.2, -0.15) is 0 Å². The summed E-state index contributed by atoms with van der Waals surface area (Å²) in [6, 6.07) is 6.68. The van der Waals surface area contributed by atoms with E-state index < -0.39 is 5.97 Å². The maximum atomic E-state index is 12.1. The minimum Gasteiger partial charge on any atom is -0.478 e. The van der Waals surface area contributed by atoms with Crippen LogP contribution in [0.5, 0.6) is 0 Å². The summed E-state index contributed by atoms with van der Waals surface area (Å²) < 4.78 is 0. The van der Waals surface area contributed by atoms with Crippen molar-refractivity contribution in [3.05, 3.63) is 35.4 Å². The van der Waals surface area contributed by atoms with Crippen LogP contribution in [0.15, 0.2) is 24.3 Å². The fraction of sp³-hybridized carbons (Fsp3) is 0.467. The molecule has 0 saturated carbocycles. The zero-order valence-corrected chi connectivity index (χ0v) is 12.4. The van der Waals surface area contributed by atoms with Crippen LogP contribution in [0.4, 0.5) is 4.79 Å². The Hall–Kier alpha value is -2.08. The Labute approximate surface area is 124 Å². The zero-order chi connectivity index (χ0) is 15.4. The van der Waals surface area contributed by atoms with Gasteiger partial charge >= 0.3 is 12.0 Å². The van der Waals surface area contributed by atoms with E-state index in [1.165, 1.54) is 0 Å². The number of carbonyl (C=O) groups excluding carboxylic acids is 1. The summed E-state index contributed by atoms with van der Waals surface area (Å²) in [6.07, 6.45) is 0.976. The van der Waals surface area contributed by atoms with E-state index in [1.54, 1.807) is 36.2 Å². The van der Waals surface area contributed by atoms with Crippen LogP contribution >= 0.6 is 0 Å². The number of carboxylic acid groups (broad SMARTS) is 1. The number of urea groups is 1. The molecule has 2 N–H and O–H groups in total. The molecule has 0 aromatic heterocycles. The Balaban J connectivity index is 1.86. The van der Waals surface area contributed by atoms with Gasteiger partial charge in [0.1, 0.15) is 0 Å². The number of aromatic carboxylic acids is 1. The number of amides is 2. The topological polar surface area (TPSA) is 72.9 Å². The molecule has 0 aliphatic carbocycles. The number of nitrogens with one attached hydrogen (secondary N) is 1. The molecule has 21 heavy (non-hydrogen) atoms. The van der Waals surface area contributed by atoms with Crippen LogP contribution in [0, 0.1) is 0 Å². The highest BCUT2D eigenvalue weighted by Crippen LogP contribution is 2.09. The van der Waals surface area contributed by atoms with Crippen molar-refractivity contribution in [3.8, 4) is 0 Å². The van der Waals surface area contributed by atoms with Gasteiger partial charge in [0, 0.05) is 26.2 Å². The molecule has 1 aliphatic heterocycles. The van der Waals surface area contributed by atoms with E-state index in [4.69, 9.17) is 5.11 Å². The van der Waals surface area contributed by atoms with Gasteiger partial charge in [0.15, 0.2) is 0 Å². The number of hydrogen-bond donors (Lipinski definition) is 2. The molecule has 114 valence electrons. The monoisotopic (exact) mass is 291 g/mol. The molecule has 6 nitrogen and oxygen atoms in total. The molecule has 0 bridgehead atoms. The smallest absolute Gasteiger partial charge is 0.335 e. The first-order chi connectivity index (χ1) is 9.95. The van der Waals surface area contributed by atoms with Crippen molar-refractivity contribution < 1.29 is 14.7 Å². The van der Waals surface area contributed by atoms with Gasteiger partial charge in [-0.3, -0.25) is 0 Å². The molecule has 0 radical (unpaired) electrons. The Morgan fingerprint density at radius 2 is 2.05 bits per heavy atom. The molecule has 1 aromatic rings. The van der Waals surface area contributed by atoms with E-state index in [-0.39, 0.29) is 17.6 Å². The van der Waals surface area contributed by atoms with E-state index in [1.807, 2.05) is 7.05 Å². The number of hydrogen-bond acceptors (Lipinski definition) is 3. The van der Waals surface area contributed by atoms with Crippen molar-refractivity contribution in [2.45, 2.75) is 19.0 Å². The second-order valence-electron chi connectivity index (χ2n) is 5.56. The summed E-state index contributed by atoms with van der Waals surface area (Å²) in [6.45, 7) is 2.34. The first-order valence-electron chi connectivity index (χ1n) is 6.98. The first-order valence-corrected chi connectivity index (χ1v) is 6.98. The van der Waals surface area contributed by atoms with Gasteiger partial charge in [-0.1, -0.05) is 12.1 Å². The summed E-state index contributed by atoms with van der Waals surface area (Å²) >= 11 is 0. The van der Waals surface area contributed by atoms with Crippen LogP contribution in [0.25, 0.3) is 0 Å². The van der Waals surface area contributed by atoms with E-state index in [9.17, 15) is 9.59 Å². The van der Waals surface area contributed by atoms with E-state index in [0.717, 1.165) is 25.1 Å². The molecule has 1 unspecified atom stereocenters.